The van der Waals surface area contributed by atoms with Gasteiger partial charge in [-0.05, 0) is 62.2 Å². The predicted octanol–water partition coefficient (Wildman–Crippen LogP) is 8.10. The van der Waals surface area contributed by atoms with Crippen LogP contribution in [-0.4, -0.2) is 27.6 Å². The predicted molar refractivity (Wildman–Crippen MR) is 141 cm³/mol. The van der Waals surface area contributed by atoms with Crippen molar-refractivity contribution in [3.8, 4) is 33.0 Å². The van der Waals surface area contributed by atoms with Crippen LogP contribution in [0.25, 0.3) is 33.0 Å². The van der Waals surface area contributed by atoms with Gasteiger partial charge in [-0.1, -0.05) is 53.5 Å². The van der Waals surface area contributed by atoms with Crippen molar-refractivity contribution in [3.63, 3.8) is 0 Å². The van der Waals surface area contributed by atoms with E-state index in [-0.39, 0.29) is 5.56 Å². The third-order valence-corrected chi connectivity index (χ3v) is 6.68. The van der Waals surface area contributed by atoms with Crippen molar-refractivity contribution in [2.75, 3.05) is 0 Å². The van der Waals surface area contributed by atoms with Gasteiger partial charge in [-0.25, -0.2) is 14.6 Å². The standard InChI is InChI=1S/C27H21Cl2NO4S/c1-27(2,3)34-26(33)16-6-4-15(5-7-16)19-10-8-18(12-20(19)25(31)32)24-30-23(14-35-24)17-9-11-21(28)22(29)13-17/h4-14H,1-3H3,(H,31,32). The number of nitrogens with zero attached hydrogens (tertiary/aromatic N) is 1. The number of aromatic nitrogens is 1. The number of halogens is 2. The molecule has 0 spiro atoms. The monoisotopic (exact) mass is 525 g/mol. The van der Waals surface area contributed by atoms with Gasteiger partial charge < -0.3 is 9.84 Å². The molecule has 8 heteroatoms. The summed E-state index contributed by atoms with van der Waals surface area (Å²) in [5, 5.41) is 13.4. The number of thiazole rings is 1. The zero-order chi connectivity index (χ0) is 25.3. The van der Waals surface area contributed by atoms with Crippen LogP contribution in [0.2, 0.25) is 10.0 Å². The Bertz CT molecular complexity index is 1420. The molecular formula is C27H21Cl2NO4S. The first kappa shape index (κ1) is 24.9. The molecule has 0 aliphatic heterocycles. The number of carbonyl (C=O) groups excluding carboxylic acids is 1. The maximum Gasteiger partial charge on any atom is 0.338 e. The van der Waals surface area contributed by atoms with Gasteiger partial charge in [0.1, 0.15) is 10.6 Å². The van der Waals surface area contributed by atoms with Gasteiger partial charge >= 0.3 is 11.9 Å². The van der Waals surface area contributed by atoms with Gasteiger partial charge in [-0.3, -0.25) is 0 Å². The third-order valence-electron chi connectivity index (χ3n) is 5.05. The summed E-state index contributed by atoms with van der Waals surface area (Å²) in [6, 6.07) is 17.2. The molecule has 4 aromatic rings. The summed E-state index contributed by atoms with van der Waals surface area (Å²) in [4.78, 5) is 29.0. The molecule has 0 saturated carbocycles. The molecule has 4 rings (SSSR count). The molecule has 3 aromatic carbocycles. The number of ether oxygens (including phenoxy) is 1. The molecule has 5 nitrogen and oxygen atoms in total. The van der Waals surface area contributed by atoms with E-state index in [9.17, 15) is 14.7 Å². The topological polar surface area (TPSA) is 76.5 Å². The number of hydrogen-bond donors (Lipinski definition) is 1. The second-order valence-electron chi connectivity index (χ2n) is 8.81. The first-order valence-corrected chi connectivity index (χ1v) is 12.3. The molecule has 0 aliphatic rings. The lowest BCUT2D eigenvalue weighted by Crippen LogP contribution is -2.23. The molecule has 0 aliphatic carbocycles. The SMILES string of the molecule is CC(C)(C)OC(=O)c1ccc(-c2ccc(-c3nc(-c4ccc(Cl)c(Cl)c4)cs3)cc2C(=O)O)cc1. The van der Waals surface area contributed by atoms with Crippen molar-refractivity contribution in [1.82, 2.24) is 4.98 Å². The molecule has 1 aromatic heterocycles. The van der Waals surface area contributed by atoms with Gasteiger partial charge in [0.15, 0.2) is 0 Å². The average molecular weight is 526 g/mol. The summed E-state index contributed by atoms with van der Waals surface area (Å²) in [5.74, 6) is -1.49. The smallest absolute Gasteiger partial charge is 0.338 e. The van der Waals surface area contributed by atoms with Crippen LogP contribution in [0.15, 0.2) is 66.0 Å². The largest absolute Gasteiger partial charge is 0.478 e. The highest BCUT2D eigenvalue weighted by Gasteiger charge is 2.19. The second-order valence-corrected chi connectivity index (χ2v) is 10.5. The summed E-state index contributed by atoms with van der Waals surface area (Å²) >= 11 is 13.5. The quantitative estimate of drug-likeness (QED) is 0.266. The minimum absolute atomic E-state index is 0.138. The number of esters is 1. The Kier molecular flexibility index (Phi) is 6.99. The lowest BCUT2D eigenvalue weighted by molar-refractivity contribution is 0.00693. The van der Waals surface area contributed by atoms with Crippen molar-refractivity contribution in [3.05, 3.63) is 87.2 Å². The fourth-order valence-electron chi connectivity index (χ4n) is 3.42. The molecule has 0 bridgehead atoms. The fraction of sp³-hybridized carbons (Fsp3) is 0.148. The van der Waals surface area contributed by atoms with Crippen molar-refractivity contribution in [2.24, 2.45) is 0 Å². The minimum Gasteiger partial charge on any atom is -0.478 e. The van der Waals surface area contributed by atoms with Crippen molar-refractivity contribution in [1.29, 1.82) is 0 Å². The van der Waals surface area contributed by atoms with E-state index < -0.39 is 17.5 Å². The maximum absolute atomic E-state index is 12.3. The highest BCUT2D eigenvalue weighted by molar-refractivity contribution is 7.13. The summed E-state index contributed by atoms with van der Waals surface area (Å²) in [6.07, 6.45) is 0. The van der Waals surface area contributed by atoms with Gasteiger partial charge in [0.05, 0.1) is 26.9 Å². The Morgan fingerprint density at radius 2 is 1.54 bits per heavy atom. The number of carbonyl (C=O) groups is 2. The zero-order valence-electron chi connectivity index (χ0n) is 19.1. The number of carboxylic acid groups (broad SMARTS) is 1. The Labute approximate surface area is 216 Å². The van der Waals surface area contributed by atoms with Crippen LogP contribution in [0, 0.1) is 0 Å². The Morgan fingerprint density at radius 3 is 2.17 bits per heavy atom. The lowest BCUT2D eigenvalue weighted by atomic mass is 9.96. The van der Waals surface area contributed by atoms with Crippen molar-refractivity contribution >= 4 is 46.5 Å². The second kappa shape index (κ2) is 9.82. The third kappa shape index (κ3) is 5.73. The molecule has 0 atom stereocenters. The number of aromatic carboxylic acids is 1. The van der Waals surface area contributed by atoms with Crippen molar-refractivity contribution in [2.45, 2.75) is 26.4 Å². The van der Waals surface area contributed by atoms with Gasteiger partial charge in [-0.2, -0.15) is 0 Å². The first-order valence-electron chi connectivity index (χ1n) is 10.6. The highest BCUT2D eigenvalue weighted by Crippen LogP contribution is 2.34. The van der Waals surface area contributed by atoms with Crippen LogP contribution in [0.4, 0.5) is 0 Å². The van der Waals surface area contributed by atoms with Crippen LogP contribution < -0.4 is 0 Å². The van der Waals surface area contributed by atoms with E-state index in [1.807, 2.05) is 17.5 Å². The van der Waals surface area contributed by atoms with E-state index in [0.717, 1.165) is 11.3 Å². The van der Waals surface area contributed by atoms with Gasteiger partial charge in [0.2, 0.25) is 0 Å². The summed E-state index contributed by atoms with van der Waals surface area (Å²) in [6.45, 7) is 5.40. The number of rotatable bonds is 5. The molecule has 35 heavy (non-hydrogen) atoms. The molecule has 1 N–H and O–H groups in total. The Balaban J connectivity index is 1.64. The van der Waals surface area contributed by atoms with Gasteiger partial charge in [-0.15, -0.1) is 11.3 Å². The highest BCUT2D eigenvalue weighted by atomic mass is 35.5. The van der Waals surface area contributed by atoms with Crippen LogP contribution in [0.1, 0.15) is 41.5 Å². The van der Waals surface area contributed by atoms with E-state index in [0.29, 0.717) is 37.3 Å². The molecule has 0 saturated heterocycles. The van der Waals surface area contributed by atoms with E-state index in [2.05, 4.69) is 4.98 Å². The van der Waals surface area contributed by atoms with Gasteiger partial charge in [0, 0.05) is 16.5 Å². The average Bonchev–Trinajstić information content (AvgIpc) is 3.30. The molecular weight excluding hydrogens is 505 g/mol. The number of carboxylic acids is 1. The van der Waals surface area contributed by atoms with E-state index >= 15 is 0 Å². The Morgan fingerprint density at radius 1 is 0.886 bits per heavy atom. The molecule has 0 unspecified atom stereocenters. The number of hydrogen-bond acceptors (Lipinski definition) is 5. The van der Waals surface area contributed by atoms with Gasteiger partial charge in [0.25, 0.3) is 0 Å². The van der Waals surface area contributed by atoms with E-state index in [1.165, 1.54) is 11.3 Å². The van der Waals surface area contributed by atoms with Crippen LogP contribution in [-0.2, 0) is 4.74 Å². The van der Waals surface area contributed by atoms with Crippen LogP contribution in [0.3, 0.4) is 0 Å². The summed E-state index contributed by atoms with van der Waals surface area (Å²) in [7, 11) is 0. The molecule has 0 amide bonds. The molecule has 0 fully saturated rings. The number of benzene rings is 3. The van der Waals surface area contributed by atoms with Crippen molar-refractivity contribution < 1.29 is 19.4 Å². The summed E-state index contributed by atoms with van der Waals surface area (Å²) in [5.41, 5.74) is 3.39. The zero-order valence-corrected chi connectivity index (χ0v) is 21.5. The van der Waals surface area contributed by atoms with Crippen LogP contribution in [0.5, 0.6) is 0 Å². The maximum atomic E-state index is 12.3. The van der Waals surface area contributed by atoms with Crippen LogP contribution >= 0.6 is 34.5 Å². The lowest BCUT2D eigenvalue weighted by Gasteiger charge is -2.19. The first-order chi connectivity index (χ1) is 16.5. The molecule has 178 valence electrons. The van der Waals surface area contributed by atoms with E-state index in [4.69, 9.17) is 27.9 Å². The van der Waals surface area contributed by atoms with E-state index in [1.54, 1.807) is 69.3 Å². The molecule has 0 radical (unpaired) electrons. The Hall–Kier alpha value is -3.19. The molecule has 1 heterocycles. The summed E-state index contributed by atoms with van der Waals surface area (Å²) < 4.78 is 5.39. The normalized spacial score (nSPS) is 11.3. The minimum atomic E-state index is -1.06. The fourth-order valence-corrected chi connectivity index (χ4v) is 4.55.